The zero-order chi connectivity index (χ0) is 15.2. The average molecular weight is 299 g/mol. The Bertz CT molecular complexity index is 371. The Kier molecular flexibility index (Phi) is 5.81. The van der Waals surface area contributed by atoms with E-state index in [1.54, 1.807) is 4.90 Å². The van der Waals surface area contributed by atoms with Crippen molar-refractivity contribution in [2.45, 2.75) is 38.3 Å². The Labute approximate surface area is 125 Å². The normalized spacial score (nSPS) is 24.8. The summed E-state index contributed by atoms with van der Waals surface area (Å²) in [5.74, 6) is -0.964. The van der Waals surface area contributed by atoms with Gasteiger partial charge >= 0.3 is 12.0 Å². The number of likely N-dealkylation sites (tertiary alicyclic amines) is 1. The van der Waals surface area contributed by atoms with Crippen LogP contribution in [0.25, 0.3) is 0 Å². The smallest absolute Gasteiger partial charge is 0.326 e. The summed E-state index contributed by atoms with van der Waals surface area (Å²) in [7, 11) is 0. The number of carbonyl (C=O) groups excluding carboxylic acids is 1. The third kappa shape index (κ3) is 4.31. The molecule has 2 aliphatic rings. The van der Waals surface area contributed by atoms with Gasteiger partial charge in [-0.15, -0.1) is 0 Å². The van der Waals surface area contributed by atoms with Gasteiger partial charge < -0.3 is 20.1 Å². The van der Waals surface area contributed by atoms with Crippen molar-refractivity contribution in [3.05, 3.63) is 0 Å². The number of carboxylic acids is 1. The van der Waals surface area contributed by atoms with Gasteiger partial charge in [-0.25, -0.2) is 9.59 Å². The SMILES string of the molecule is CCCC(NC(=O)N1CCC(N2CCOCC2)C1)C(=O)O. The summed E-state index contributed by atoms with van der Waals surface area (Å²) in [6, 6.07) is -0.675. The molecule has 2 unspecified atom stereocenters. The van der Waals surface area contributed by atoms with Crippen molar-refractivity contribution < 1.29 is 19.4 Å². The molecule has 7 heteroatoms. The number of ether oxygens (including phenoxy) is 1. The standard InChI is InChI=1S/C14H25N3O4/c1-2-3-12(13(18)19)15-14(20)17-5-4-11(10-17)16-6-8-21-9-7-16/h11-12H,2-10H2,1H3,(H,15,20)(H,18,19). The van der Waals surface area contributed by atoms with Crippen LogP contribution in [0, 0.1) is 0 Å². The lowest BCUT2D eigenvalue weighted by molar-refractivity contribution is -0.139. The van der Waals surface area contributed by atoms with Crippen molar-refractivity contribution >= 4 is 12.0 Å². The molecule has 0 aromatic heterocycles. The van der Waals surface area contributed by atoms with Gasteiger partial charge in [0.1, 0.15) is 6.04 Å². The topological polar surface area (TPSA) is 82.1 Å². The summed E-state index contributed by atoms with van der Waals surface area (Å²) in [5, 5.41) is 11.7. The third-order valence-corrected chi connectivity index (χ3v) is 4.19. The molecule has 2 saturated heterocycles. The number of hydrogen-bond acceptors (Lipinski definition) is 4. The number of carbonyl (C=O) groups is 2. The molecule has 2 heterocycles. The van der Waals surface area contributed by atoms with Gasteiger partial charge in [0, 0.05) is 32.2 Å². The highest BCUT2D eigenvalue weighted by Crippen LogP contribution is 2.17. The summed E-state index contributed by atoms with van der Waals surface area (Å²) < 4.78 is 5.34. The number of hydrogen-bond donors (Lipinski definition) is 2. The maximum absolute atomic E-state index is 12.2. The van der Waals surface area contributed by atoms with Gasteiger partial charge in [-0.2, -0.15) is 0 Å². The maximum Gasteiger partial charge on any atom is 0.326 e. The van der Waals surface area contributed by atoms with Crippen LogP contribution in [0.15, 0.2) is 0 Å². The molecule has 2 amide bonds. The molecule has 2 rings (SSSR count). The molecule has 2 fully saturated rings. The van der Waals surface area contributed by atoms with Crippen LogP contribution in [0.3, 0.4) is 0 Å². The predicted octanol–water partition coefficient (Wildman–Crippen LogP) is 0.356. The zero-order valence-electron chi connectivity index (χ0n) is 12.6. The molecule has 2 aliphatic heterocycles. The highest BCUT2D eigenvalue weighted by atomic mass is 16.5. The van der Waals surface area contributed by atoms with Crippen LogP contribution >= 0.6 is 0 Å². The first-order valence-corrected chi connectivity index (χ1v) is 7.72. The maximum atomic E-state index is 12.2. The monoisotopic (exact) mass is 299 g/mol. The van der Waals surface area contributed by atoms with E-state index in [0.29, 0.717) is 25.6 Å². The number of nitrogens with zero attached hydrogens (tertiary/aromatic N) is 2. The molecule has 0 aliphatic carbocycles. The fourth-order valence-corrected chi connectivity index (χ4v) is 2.95. The van der Waals surface area contributed by atoms with Gasteiger partial charge in [0.2, 0.25) is 0 Å². The van der Waals surface area contributed by atoms with Crippen LogP contribution < -0.4 is 5.32 Å². The van der Waals surface area contributed by atoms with E-state index in [-0.39, 0.29) is 6.03 Å². The molecule has 0 radical (unpaired) electrons. The van der Waals surface area contributed by atoms with E-state index in [2.05, 4.69) is 10.2 Å². The van der Waals surface area contributed by atoms with Gasteiger partial charge in [0.25, 0.3) is 0 Å². The Morgan fingerprint density at radius 3 is 2.67 bits per heavy atom. The van der Waals surface area contributed by atoms with Crippen LogP contribution in [0.5, 0.6) is 0 Å². The molecule has 0 aromatic carbocycles. The molecule has 2 N–H and O–H groups in total. The predicted molar refractivity (Wildman–Crippen MR) is 77.2 cm³/mol. The summed E-state index contributed by atoms with van der Waals surface area (Å²) in [6.07, 6.45) is 2.13. The van der Waals surface area contributed by atoms with Gasteiger partial charge in [-0.3, -0.25) is 4.90 Å². The highest BCUT2D eigenvalue weighted by Gasteiger charge is 2.32. The number of morpholine rings is 1. The molecule has 120 valence electrons. The first-order chi connectivity index (χ1) is 10.1. The van der Waals surface area contributed by atoms with Crippen molar-refractivity contribution in [2.24, 2.45) is 0 Å². The second kappa shape index (κ2) is 7.61. The Balaban J connectivity index is 1.82. The number of amides is 2. The molecular formula is C14H25N3O4. The van der Waals surface area contributed by atoms with Crippen molar-refractivity contribution in [2.75, 3.05) is 39.4 Å². The molecular weight excluding hydrogens is 274 g/mol. The van der Waals surface area contributed by atoms with Crippen molar-refractivity contribution in [1.29, 1.82) is 0 Å². The van der Waals surface area contributed by atoms with Crippen LogP contribution in [0.1, 0.15) is 26.2 Å². The first-order valence-electron chi connectivity index (χ1n) is 7.72. The van der Waals surface area contributed by atoms with E-state index >= 15 is 0 Å². The summed E-state index contributed by atoms with van der Waals surface area (Å²) >= 11 is 0. The first kappa shape index (κ1) is 16.0. The van der Waals surface area contributed by atoms with Crippen molar-refractivity contribution in [3.63, 3.8) is 0 Å². The average Bonchev–Trinajstić information content (AvgIpc) is 2.97. The minimum atomic E-state index is -0.964. The van der Waals surface area contributed by atoms with Crippen molar-refractivity contribution in [3.8, 4) is 0 Å². The number of aliphatic carboxylic acids is 1. The van der Waals surface area contributed by atoms with Gasteiger partial charge in [0.05, 0.1) is 13.2 Å². The number of urea groups is 1. The van der Waals surface area contributed by atoms with E-state index in [9.17, 15) is 9.59 Å². The van der Waals surface area contributed by atoms with Gasteiger partial charge in [-0.1, -0.05) is 13.3 Å². The molecule has 7 nitrogen and oxygen atoms in total. The van der Waals surface area contributed by atoms with Crippen LogP contribution in [-0.2, 0) is 9.53 Å². The molecule has 0 aromatic rings. The van der Waals surface area contributed by atoms with Gasteiger partial charge in [-0.05, 0) is 12.8 Å². The van der Waals surface area contributed by atoms with Crippen LogP contribution in [0.2, 0.25) is 0 Å². The second-order valence-electron chi connectivity index (χ2n) is 5.67. The van der Waals surface area contributed by atoms with Crippen molar-refractivity contribution in [1.82, 2.24) is 15.1 Å². The Hall–Kier alpha value is -1.34. The minimum absolute atomic E-state index is 0.258. The number of nitrogens with one attached hydrogen (secondary N) is 1. The molecule has 2 atom stereocenters. The molecule has 0 spiro atoms. The summed E-state index contributed by atoms with van der Waals surface area (Å²) in [5.41, 5.74) is 0. The quantitative estimate of drug-likeness (QED) is 0.766. The van der Waals surface area contributed by atoms with Crippen LogP contribution in [0.4, 0.5) is 4.79 Å². The van der Waals surface area contributed by atoms with E-state index < -0.39 is 12.0 Å². The number of rotatable bonds is 5. The summed E-state index contributed by atoms with van der Waals surface area (Å²) in [4.78, 5) is 27.4. The fourth-order valence-electron chi connectivity index (χ4n) is 2.95. The van der Waals surface area contributed by atoms with E-state index in [4.69, 9.17) is 9.84 Å². The fraction of sp³-hybridized carbons (Fsp3) is 0.857. The molecule has 0 saturated carbocycles. The Morgan fingerprint density at radius 2 is 2.05 bits per heavy atom. The third-order valence-electron chi connectivity index (χ3n) is 4.19. The van der Waals surface area contributed by atoms with Gasteiger partial charge in [0.15, 0.2) is 0 Å². The lowest BCUT2D eigenvalue weighted by atomic mass is 10.2. The van der Waals surface area contributed by atoms with E-state index in [0.717, 1.165) is 39.1 Å². The lowest BCUT2D eigenvalue weighted by Gasteiger charge is -2.32. The lowest BCUT2D eigenvalue weighted by Crippen LogP contribution is -2.49. The van der Waals surface area contributed by atoms with Crippen LogP contribution in [-0.4, -0.2) is 78.4 Å². The Morgan fingerprint density at radius 1 is 1.33 bits per heavy atom. The molecule has 0 bridgehead atoms. The summed E-state index contributed by atoms with van der Waals surface area (Å²) in [6.45, 7) is 6.59. The van der Waals surface area contributed by atoms with E-state index in [1.165, 1.54) is 0 Å². The second-order valence-corrected chi connectivity index (χ2v) is 5.67. The largest absolute Gasteiger partial charge is 0.480 e. The van der Waals surface area contributed by atoms with E-state index in [1.807, 2.05) is 6.92 Å². The number of carboxylic acid groups (broad SMARTS) is 1. The molecule has 21 heavy (non-hydrogen) atoms. The minimum Gasteiger partial charge on any atom is -0.480 e. The zero-order valence-corrected chi connectivity index (χ0v) is 12.6. The highest BCUT2D eigenvalue weighted by molar-refractivity contribution is 5.82.